The second kappa shape index (κ2) is 5.72. The van der Waals surface area contributed by atoms with Crippen molar-refractivity contribution in [1.82, 2.24) is 4.90 Å². The maximum atomic E-state index is 5.90. The van der Waals surface area contributed by atoms with Crippen molar-refractivity contribution in [3.63, 3.8) is 0 Å². The molecule has 0 aliphatic carbocycles. The van der Waals surface area contributed by atoms with Gasteiger partial charge in [0.05, 0.1) is 0 Å². The maximum Gasteiger partial charge on any atom is 0.0246 e. The summed E-state index contributed by atoms with van der Waals surface area (Å²) in [5.74, 6) is 0.737. The highest BCUT2D eigenvalue weighted by molar-refractivity contribution is 4.83. The van der Waals surface area contributed by atoms with Crippen LogP contribution in [0.4, 0.5) is 0 Å². The molecular weight excluding hydrogens is 172 g/mol. The summed E-state index contributed by atoms with van der Waals surface area (Å²) < 4.78 is 0. The Morgan fingerprint density at radius 1 is 1.43 bits per heavy atom. The van der Waals surface area contributed by atoms with Gasteiger partial charge in [-0.05, 0) is 32.2 Å². The van der Waals surface area contributed by atoms with Crippen LogP contribution in [0.5, 0.6) is 0 Å². The minimum Gasteiger partial charge on any atom is -0.329 e. The van der Waals surface area contributed by atoms with Crippen LogP contribution in [0.3, 0.4) is 0 Å². The third-order valence-corrected chi connectivity index (χ3v) is 3.82. The third kappa shape index (κ3) is 2.71. The van der Waals surface area contributed by atoms with Crippen molar-refractivity contribution in [2.45, 2.75) is 58.5 Å². The maximum absolute atomic E-state index is 5.90. The van der Waals surface area contributed by atoms with Crippen LogP contribution < -0.4 is 5.73 Å². The highest BCUT2D eigenvalue weighted by atomic mass is 15.2. The molecule has 1 saturated heterocycles. The molecule has 1 heterocycles. The highest BCUT2D eigenvalue weighted by Crippen LogP contribution is 2.23. The monoisotopic (exact) mass is 198 g/mol. The van der Waals surface area contributed by atoms with Crippen molar-refractivity contribution in [2.24, 2.45) is 11.7 Å². The Bertz CT molecular complexity index is 154. The molecule has 84 valence electrons. The molecule has 0 radical (unpaired) electrons. The number of piperidine rings is 1. The molecule has 0 spiro atoms. The van der Waals surface area contributed by atoms with Crippen molar-refractivity contribution in [1.29, 1.82) is 0 Å². The van der Waals surface area contributed by atoms with Gasteiger partial charge in [0.25, 0.3) is 0 Å². The number of rotatable bonds is 4. The summed E-state index contributed by atoms with van der Waals surface area (Å²) in [6.45, 7) is 9.03. The van der Waals surface area contributed by atoms with Crippen molar-refractivity contribution >= 4 is 0 Å². The van der Waals surface area contributed by atoms with Crippen molar-refractivity contribution in [3.8, 4) is 0 Å². The minimum atomic E-state index is 0.607. The average molecular weight is 198 g/mol. The zero-order valence-electron chi connectivity index (χ0n) is 10.00. The second-order valence-corrected chi connectivity index (χ2v) is 4.77. The van der Waals surface area contributed by atoms with Gasteiger partial charge in [-0.3, -0.25) is 4.90 Å². The van der Waals surface area contributed by atoms with Gasteiger partial charge < -0.3 is 5.73 Å². The summed E-state index contributed by atoms with van der Waals surface area (Å²) in [5.41, 5.74) is 5.90. The first kappa shape index (κ1) is 12.0. The van der Waals surface area contributed by atoms with Gasteiger partial charge in [0.1, 0.15) is 0 Å². The van der Waals surface area contributed by atoms with Crippen LogP contribution in [0.25, 0.3) is 0 Å². The van der Waals surface area contributed by atoms with Crippen LogP contribution in [-0.2, 0) is 0 Å². The predicted octanol–water partition coefficient (Wildman–Crippen LogP) is 2.23. The van der Waals surface area contributed by atoms with E-state index >= 15 is 0 Å². The molecule has 0 saturated carbocycles. The molecule has 0 amide bonds. The van der Waals surface area contributed by atoms with E-state index in [1.54, 1.807) is 0 Å². The fourth-order valence-corrected chi connectivity index (χ4v) is 2.58. The van der Waals surface area contributed by atoms with E-state index in [0.717, 1.165) is 18.5 Å². The Morgan fingerprint density at radius 2 is 2.14 bits per heavy atom. The summed E-state index contributed by atoms with van der Waals surface area (Å²) >= 11 is 0. The van der Waals surface area contributed by atoms with Crippen molar-refractivity contribution < 1.29 is 0 Å². The molecule has 0 aromatic heterocycles. The van der Waals surface area contributed by atoms with Gasteiger partial charge in [-0.2, -0.15) is 0 Å². The van der Waals surface area contributed by atoms with E-state index in [0.29, 0.717) is 6.04 Å². The molecule has 3 atom stereocenters. The zero-order chi connectivity index (χ0) is 10.6. The zero-order valence-corrected chi connectivity index (χ0v) is 10.00. The lowest BCUT2D eigenvalue weighted by atomic mass is 9.93. The van der Waals surface area contributed by atoms with Crippen LogP contribution in [0.15, 0.2) is 0 Å². The molecule has 14 heavy (non-hydrogen) atoms. The molecule has 0 aromatic carbocycles. The van der Waals surface area contributed by atoms with Gasteiger partial charge in [-0.1, -0.05) is 26.7 Å². The van der Waals surface area contributed by atoms with Crippen molar-refractivity contribution in [2.75, 3.05) is 13.1 Å². The van der Waals surface area contributed by atoms with Crippen LogP contribution >= 0.6 is 0 Å². The van der Waals surface area contributed by atoms with Gasteiger partial charge in [0, 0.05) is 18.6 Å². The molecule has 2 nitrogen and oxygen atoms in total. The molecule has 0 aromatic rings. The Balaban J connectivity index is 2.57. The Labute approximate surface area is 88.8 Å². The van der Waals surface area contributed by atoms with Gasteiger partial charge in [-0.25, -0.2) is 0 Å². The number of nitrogens with zero attached hydrogens (tertiary/aromatic N) is 1. The van der Waals surface area contributed by atoms with E-state index in [9.17, 15) is 0 Å². The molecule has 3 unspecified atom stereocenters. The Kier molecular flexibility index (Phi) is 4.90. The van der Waals surface area contributed by atoms with Crippen molar-refractivity contribution in [3.05, 3.63) is 0 Å². The van der Waals surface area contributed by atoms with E-state index in [2.05, 4.69) is 25.7 Å². The largest absolute Gasteiger partial charge is 0.329 e. The molecule has 1 aliphatic heterocycles. The van der Waals surface area contributed by atoms with Gasteiger partial charge in [-0.15, -0.1) is 0 Å². The SMILES string of the molecule is CCC(C)C(CN)N1CCCCC1C. The lowest BCUT2D eigenvalue weighted by molar-refractivity contribution is 0.0771. The topological polar surface area (TPSA) is 29.3 Å². The summed E-state index contributed by atoms with van der Waals surface area (Å²) in [7, 11) is 0. The molecular formula is C12H26N2. The first-order chi connectivity index (χ1) is 6.70. The smallest absolute Gasteiger partial charge is 0.0246 e. The van der Waals surface area contributed by atoms with Gasteiger partial charge in [0.2, 0.25) is 0 Å². The van der Waals surface area contributed by atoms with Crippen LogP contribution in [-0.4, -0.2) is 30.1 Å². The van der Waals surface area contributed by atoms with Gasteiger partial charge in [0.15, 0.2) is 0 Å². The average Bonchev–Trinajstić information content (AvgIpc) is 2.21. The molecule has 1 aliphatic rings. The summed E-state index contributed by atoms with van der Waals surface area (Å²) in [6.07, 6.45) is 5.35. The van der Waals surface area contributed by atoms with E-state index in [4.69, 9.17) is 5.73 Å². The van der Waals surface area contributed by atoms with Crippen LogP contribution in [0.2, 0.25) is 0 Å². The molecule has 0 bridgehead atoms. The first-order valence-corrected chi connectivity index (χ1v) is 6.16. The lowest BCUT2D eigenvalue weighted by Crippen LogP contribution is -2.51. The Hall–Kier alpha value is -0.0800. The van der Waals surface area contributed by atoms with E-state index in [1.807, 2.05) is 0 Å². The van der Waals surface area contributed by atoms with Crippen LogP contribution in [0, 0.1) is 5.92 Å². The third-order valence-electron chi connectivity index (χ3n) is 3.82. The number of nitrogens with two attached hydrogens (primary N) is 1. The normalized spacial score (nSPS) is 28.7. The quantitative estimate of drug-likeness (QED) is 0.750. The molecule has 2 N–H and O–H groups in total. The summed E-state index contributed by atoms with van der Waals surface area (Å²) in [5, 5.41) is 0. The lowest BCUT2D eigenvalue weighted by Gasteiger charge is -2.41. The van der Waals surface area contributed by atoms with E-state index in [1.165, 1.54) is 32.2 Å². The molecule has 1 fully saturated rings. The van der Waals surface area contributed by atoms with Crippen LogP contribution in [0.1, 0.15) is 46.5 Å². The molecule has 2 heteroatoms. The van der Waals surface area contributed by atoms with Gasteiger partial charge >= 0.3 is 0 Å². The fraction of sp³-hybridized carbons (Fsp3) is 1.00. The molecule has 1 rings (SSSR count). The fourth-order valence-electron chi connectivity index (χ4n) is 2.58. The highest BCUT2D eigenvalue weighted by Gasteiger charge is 2.27. The number of hydrogen-bond acceptors (Lipinski definition) is 2. The van der Waals surface area contributed by atoms with E-state index in [-0.39, 0.29) is 0 Å². The standard InChI is InChI=1S/C12H26N2/c1-4-10(2)12(9-13)14-8-6-5-7-11(14)3/h10-12H,4-9,13H2,1-3H3. The minimum absolute atomic E-state index is 0.607. The summed E-state index contributed by atoms with van der Waals surface area (Å²) in [4.78, 5) is 2.64. The predicted molar refractivity (Wildman–Crippen MR) is 62.3 cm³/mol. The number of hydrogen-bond donors (Lipinski definition) is 1. The first-order valence-electron chi connectivity index (χ1n) is 6.16. The second-order valence-electron chi connectivity index (χ2n) is 4.77. The Morgan fingerprint density at radius 3 is 2.64 bits per heavy atom. The number of likely N-dealkylation sites (tertiary alicyclic amines) is 1. The van der Waals surface area contributed by atoms with E-state index < -0.39 is 0 Å². The summed E-state index contributed by atoms with van der Waals surface area (Å²) in [6, 6.07) is 1.35.